The molecule has 1 amide bonds. The first-order valence-electron chi connectivity index (χ1n) is 7.03. The van der Waals surface area contributed by atoms with E-state index in [2.05, 4.69) is 15.3 Å². The number of nitrogens with zero attached hydrogens (tertiary/aromatic N) is 2. The van der Waals surface area contributed by atoms with E-state index in [-0.39, 0.29) is 18.2 Å². The van der Waals surface area contributed by atoms with E-state index in [0.717, 1.165) is 23.0 Å². The first kappa shape index (κ1) is 16.4. The molecule has 2 aromatic heterocycles. The van der Waals surface area contributed by atoms with Gasteiger partial charge in [-0.15, -0.1) is 11.3 Å². The fourth-order valence-corrected chi connectivity index (χ4v) is 3.02. The molecule has 0 radical (unpaired) electrons. The topological polar surface area (TPSA) is 54.4 Å². The van der Waals surface area contributed by atoms with Crippen molar-refractivity contribution in [2.45, 2.75) is 12.7 Å². The van der Waals surface area contributed by atoms with Crippen molar-refractivity contribution in [2.75, 3.05) is 6.54 Å². The molecule has 0 saturated heterocycles. The zero-order valence-electron chi connectivity index (χ0n) is 12.3. The summed E-state index contributed by atoms with van der Waals surface area (Å²) in [5.41, 5.74) is 0.452. The summed E-state index contributed by atoms with van der Waals surface area (Å²) in [7, 11) is 0. The maximum atomic E-state index is 12.6. The third kappa shape index (κ3) is 3.70. The van der Waals surface area contributed by atoms with Crippen LogP contribution in [0.3, 0.4) is 0 Å². The van der Waals surface area contributed by atoms with E-state index < -0.39 is 11.7 Å². The fourth-order valence-electron chi connectivity index (χ4n) is 2.12. The summed E-state index contributed by atoms with van der Waals surface area (Å²) in [6, 6.07) is 6.80. The maximum absolute atomic E-state index is 12.6. The van der Waals surface area contributed by atoms with Crippen molar-refractivity contribution in [3.8, 4) is 0 Å². The second-order valence-corrected chi connectivity index (χ2v) is 6.16. The SMILES string of the molecule is O=C(NCc1cccnc1)c1ccc(C2=NCC(C(F)(F)F)=C2)s1. The van der Waals surface area contributed by atoms with Crippen molar-refractivity contribution < 1.29 is 18.0 Å². The summed E-state index contributed by atoms with van der Waals surface area (Å²) >= 11 is 1.12. The minimum atomic E-state index is -4.37. The summed E-state index contributed by atoms with van der Waals surface area (Å²) in [5, 5.41) is 2.75. The Balaban J connectivity index is 1.66. The number of nitrogens with one attached hydrogen (secondary N) is 1. The summed E-state index contributed by atoms with van der Waals surface area (Å²) in [5.74, 6) is -0.284. The number of carbonyl (C=O) groups excluding carboxylic acids is 1. The lowest BCUT2D eigenvalue weighted by molar-refractivity contribution is -0.0916. The summed E-state index contributed by atoms with van der Waals surface area (Å²) < 4.78 is 37.9. The van der Waals surface area contributed by atoms with Gasteiger partial charge in [-0.1, -0.05) is 6.07 Å². The number of amides is 1. The van der Waals surface area contributed by atoms with Crippen molar-refractivity contribution in [1.29, 1.82) is 0 Å². The molecule has 0 bridgehead atoms. The lowest BCUT2D eigenvalue weighted by Crippen LogP contribution is -2.21. The van der Waals surface area contributed by atoms with Crippen LogP contribution in [0.25, 0.3) is 0 Å². The lowest BCUT2D eigenvalue weighted by Gasteiger charge is -2.04. The molecule has 1 N–H and O–H groups in total. The van der Waals surface area contributed by atoms with Crippen LogP contribution in [0.4, 0.5) is 13.2 Å². The Morgan fingerprint density at radius 3 is 2.79 bits per heavy atom. The monoisotopic (exact) mass is 351 g/mol. The van der Waals surface area contributed by atoms with Crippen LogP contribution in [0.15, 0.2) is 53.3 Å². The van der Waals surface area contributed by atoms with E-state index in [1.165, 1.54) is 0 Å². The molecule has 24 heavy (non-hydrogen) atoms. The Hall–Kier alpha value is -2.48. The zero-order valence-corrected chi connectivity index (χ0v) is 13.1. The lowest BCUT2D eigenvalue weighted by atomic mass is 10.2. The van der Waals surface area contributed by atoms with Crippen molar-refractivity contribution in [2.24, 2.45) is 4.99 Å². The third-order valence-corrected chi connectivity index (χ3v) is 4.46. The zero-order chi connectivity index (χ0) is 17.2. The molecule has 0 aromatic carbocycles. The van der Waals surface area contributed by atoms with Crippen LogP contribution in [0.2, 0.25) is 0 Å². The summed E-state index contributed by atoms with van der Waals surface area (Å²) in [4.78, 5) is 20.9. The Bertz CT molecular complexity index is 809. The van der Waals surface area contributed by atoms with Crippen LogP contribution >= 0.6 is 11.3 Å². The van der Waals surface area contributed by atoms with Gasteiger partial charge in [-0.25, -0.2) is 0 Å². The number of allylic oxidation sites excluding steroid dienone is 1. The van der Waals surface area contributed by atoms with Gasteiger partial charge in [0.1, 0.15) is 0 Å². The number of alkyl halides is 3. The first-order chi connectivity index (χ1) is 11.4. The summed E-state index contributed by atoms with van der Waals surface area (Å²) in [6.07, 6.45) is -0.0473. The largest absolute Gasteiger partial charge is 0.414 e. The van der Waals surface area contributed by atoms with Crippen LogP contribution in [-0.4, -0.2) is 29.3 Å². The number of rotatable bonds is 4. The van der Waals surface area contributed by atoms with Gasteiger partial charge in [0.15, 0.2) is 0 Å². The van der Waals surface area contributed by atoms with E-state index in [1.54, 1.807) is 30.6 Å². The van der Waals surface area contributed by atoms with E-state index in [1.807, 2.05) is 6.07 Å². The second kappa shape index (κ2) is 6.56. The van der Waals surface area contributed by atoms with Crippen molar-refractivity contribution in [3.63, 3.8) is 0 Å². The number of halogens is 3. The molecule has 8 heteroatoms. The Kier molecular flexibility index (Phi) is 4.48. The molecule has 1 aliphatic rings. The molecule has 0 atom stereocenters. The normalized spacial score (nSPS) is 14.3. The van der Waals surface area contributed by atoms with Gasteiger partial charge in [-0.05, 0) is 29.8 Å². The van der Waals surface area contributed by atoms with Crippen LogP contribution in [0, 0.1) is 0 Å². The van der Waals surface area contributed by atoms with Gasteiger partial charge in [-0.3, -0.25) is 14.8 Å². The highest BCUT2D eigenvalue weighted by molar-refractivity contribution is 7.16. The number of thiophene rings is 1. The van der Waals surface area contributed by atoms with Crippen LogP contribution < -0.4 is 5.32 Å². The quantitative estimate of drug-likeness (QED) is 0.918. The average molecular weight is 351 g/mol. The maximum Gasteiger partial charge on any atom is 0.414 e. The first-order valence-corrected chi connectivity index (χ1v) is 7.84. The Morgan fingerprint density at radius 2 is 2.12 bits per heavy atom. The van der Waals surface area contributed by atoms with E-state index >= 15 is 0 Å². The number of hydrogen-bond acceptors (Lipinski definition) is 4. The van der Waals surface area contributed by atoms with Crippen LogP contribution in [0.1, 0.15) is 20.1 Å². The van der Waals surface area contributed by atoms with Gasteiger partial charge in [0.05, 0.1) is 27.6 Å². The molecule has 0 aliphatic carbocycles. The van der Waals surface area contributed by atoms with Gasteiger partial charge in [-0.2, -0.15) is 13.2 Å². The Morgan fingerprint density at radius 1 is 1.29 bits per heavy atom. The molecule has 0 spiro atoms. The summed E-state index contributed by atoms with van der Waals surface area (Å²) in [6.45, 7) is -0.0434. The Labute approximate surface area is 139 Å². The number of hydrogen-bond donors (Lipinski definition) is 1. The minimum absolute atomic E-state index is 0.263. The van der Waals surface area contributed by atoms with Gasteiger partial charge >= 0.3 is 6.18 Å². The van der Waals surface area contributed by atoms with E-state index in [9.17, 15) is 18.0 Å². The molecule has 0 unspecified atom stereocenters. The third-order valence-electron chi connectivity index (χ3n) is 3.35. The molecule has 2 aromatic rings. The van der Waals surface area contributed by atoms with Crippen molar-refractivity contribution in [1.82, 2.24) is 10.3 Å². The molecule has 0 fully saturated rings. The van der Waals surface area contributed by atoms with Crippen molar-refractivity contribution in [3.05, 3.63) is 63.6 Å². The van der Waals surface area contributed by atoms with Crippen molar-refractivity contribution >= 4 is 23.0 Å². The highest BCUT2D eigenvalue weighted by Crippen LogP contribution is 2.30. The molecule has 4 nitrogen and oxygen atoms in total. The number of aromatic nitrogens is 1. The average Bonchev–Trinajstić information content (AvgIpc) is 3.21. The highest BCUT2D eigenvalue weighted by atomic mass is 32.1. The molecule has 0 saturated carbocycles. The molecule has 3 rings (SSSR count). The van der Waals surface area contributed by atoms with Gasteiger partial charge in [0.2, 0.25) is 0 Å². The smallest absolute Gasteiger partial charge is 0.347 e. The van der Waals surface area contributed by atoms with Gasteiger partial charge in [0.25, 0.3) is 5.91 Å². The van der Waals surface area contributed by atoms with Crippen LogP contribution in [0.5, 0.6) is 0 Å². The number of pyridine rings is 1. The molecule has 3 heterocycles. The minimum Gasteiger partial charge on any atom is -0.347 e. The fraction of sp³-hybridized carbons (Fsp3) is 0.188. The number of aliphatic imine (C=N–C) groups is 1. The van der Waals surface area contributed by atoms with Gasteiger partial charge < -0.3 is 5.32 Å². The molecule has 1 aliphatic heterocycles. The number of carbonyl (C=O) groups is 1. The highest BCUT2D eigenvalue weighted by Gasteiger charge is 2.35. The van der Waals surface area contributed by atoms with E-state index in [4.69, 9.17) is 0 Å². The molecule has 124 valence electrons. The standard InChI is InChI=1S/C16H12F3N3OS/c17-16(18,19)11-6-12(21-9-11)13-3-4-14(24-13)15(23)22-8-10-2-1-5-20-7-10/h1-7H,8-9H2,(H,22,23). The second-order valence-electron chi connectivity index (χ2n) is 5.08. The van der Waals surface area contributed by atoms with Crippen LogP contribution in [-0.2, 0) is 6.54 Å². The van der Waals surface area contributed by atoms with E-state index in [0.29, 0.717) is 16.3 Å². The molecular formula is C16H12F3N3OS. The molecular weight excluding hydrogens is 339 g/mol. The predicted molar refractivity (Wildman–Crippen MR) is 85.3 cm³/mol. The van der Waals surface area contributed by atoms with Gasteiger partial charge in [0, 0.05) is 18.9 Å². The predicted octanol–water partition coefficient (Wildman–Crippen LogP) is 3.36.